The summed E-state index contributed by atoms with van der Waals surface area (Å²) >= 11 is 0. The number of hydrogen-bond acceptors (Lipinski definition) is 3. The molecule has 0 spiro atoms. The van der Waals surface area contributed by atoms with Crippen LogP contribution in [0.4, 0.5) is 0 Å². The molecule has 0 fully saturated rings. The molecule has 0 aliphatic carbocycles. The van der Waals surface area contributed by atoms with E-state index in [-0.39, 0.29) is 0 Å². The zero-order valence-corrected chi connectivity index (χ0v) is 13.4. The molecule has 4 aromatic rings. The van der Waals surface area contributed by atoms with E-state index in [0.29, 0.717) is 0 Å². The van der Waals surface area contributed by atoms with Crippen LogP contribution in [0.3, 0.4) is 0 Å². The lowest BCUT2D eigenvalue weighted by Crippen LogP contribution is -1.95. The third kappa shape index (κ3) is 2.63. The molecule has 4 rings (SSSR count). The van der Waals surface area contributed by atoms with Gasteiger partial charge < -0.3 is 4.74 Å². The van der Waals surface area contributed by atoms with E-state index in [2.05, 4.69) is 11.9 Å². The monoisotopic (exact) mass is 315 g/mol. The van der Waals surface area contributed by atoms with Crippen LogP contribution in [0.2, 0.25) is 0 Å². The normalized spacial score (nSPS) is 10.9. The molecule has 0 saturated heterocycles. The molecule has 24 heavy (non-hydrogen) atoms. The van der Waals surface area contributed by atoms with Crippen LogP contribution in [0, 0.1) is 0 Å². The highest BCUT2D eigenvalue weighted by Crippen LogP contribution is 2.29. The summed E-state index contributed by atoms with van der Waals surface area (Å²) in [5, 5.41) is 5.79. The number of nitrogens with zero attached hydrogens (tertiary/aromatic N) is 3. The van der Waals surface area contributed by atoms with Gasteiger partial charge in [-0.1, -0.05) is 18.2 Å². The van der Waals surface area contributed by atoms with Crippen LogP contribution in [0.1, 0.15) is 6.92 Å². The molecule has 0 N–H and O–H groups in total. The Labute approximate surface area is 140 Å². The van der Waals surface area contributed by atoms with Gasteiger partial charge in [-0.3, -0.25) is 9.67 Å². The molecule has 2 heterocycles. The minimum atomic E-state index is 0.808. The van der Waals surface area contributed by atoms with Crippen molar-refractivity contribution in [1.29, 1.82) is 0 Å². The first-order chi connectivity index (χ1) is 11.8. The Kier molecular flexibility index (Phi) is 3.71. The van der Waals surface area contributed by atoms with Gasteiger partial charge in [-0.25, -0.2) is 0 Å². The second-order valence-corrected chi connectivity index (χ2v) is 5.50. The van der Waals surface area contributed by atoms with Gasteiger partial charge in [0.05, 0.1) is 5.52 Å². The molecule has 0 saturated carbocycles. The van der Waals surface area contributed by atoms with Gasteiger partial charge in [-0.05, 0) is 49.4 Å². The van der Waals surface area contributed by atoms with Gasteiger partial charge in [0.25, 0.3) is 0 Å². The van der Waals surface area contributed by atoms with Crippen molar-refractivity contribution in [3.63, 3.8) is 0 Å². The molecule has 4 nitrogen and oxygen atoms in total. The maximum atomic E-state index is 5.85. The molecule has 0 radical (unpaired) electrons. The average molecular weight is 315 g/mol. The lowest BCUT2D eigenvalue weighted by atomic mass is 10.1. The number of ether oxygens (including phenoxy) is 1. The van der Waals surface area contributed by atoms with Crippen LogP contribution in [-0.4, -0.2) is 14.8 Å². The van der Waals surface area contributed by atoms with Crippen molar-refractivity contribution in [2.75, 3.05) is 0 Å². The maximum Gasteiger partial charge on any atom is 0.127 e. The maximum absolute atomic E-state index is 5.85. The fourth-order valence-electron chi connectivity index (χ4n) is 2.78. The van der Waals surface area contributed by atoms with E-state index in [1.54, 1.807) is 6.20 Å². The Bertz CT molecular complexity index is 959. The zero-order valence-electron chi connectivity index (χ0n) is 13.4. The van der Waals surface area contributed by atoms with Crippen molar-refractivity contribution in [3.8, 4) is 22.8 Å². The molecule has 4 heteroatoms. The van der Waals surface area contributed by atoms with Crippen molar-refractivity contribution in [2.45, 2.75) is 13.5 Å². The number of fused-ring (bicyclic) bond motifs is 1. The zero-order chi connectivity index (χ0) is 16.4. The highest BCUT2D eigenvalue weighted by Gasteiger charge is 2.11. The summed E-state index contributed by atoms with van der Waals surface area (Å²) in [6, 6.07) is 19.8. The van der Waals surface area contributed by atoms with E-state index in [1.165, 1.54) is 0 Å². The minimum Gasteiger partial charge on any atom is -0.457 e. The van der Waals surface area contributed by atoms with Gasteiger partial charge in [0, 0.05) is 29.9 Å². The van der Waals surface area contributed by atoms with Crippen LogP contribution < -0.4 is 4.74 Å². The Hall–Kier alpha value is -3.14. The fourth-order valence-corrected chi connectivity index (χ4v) is 2.78. The fraction of sp³-hybridized carbons (Fsp3) is 0.100. The van der Waals surface area contributed by atoms with Crippen LogP contribution >= 0.6 is 0 Å². The first-order valence-electron chi connectivity index (χ1n) is 7.99. The highest BCUT2D eigenvalue weighted by molar-refractivity contribution is 5.92. The van der Waals surface area contributed by atoms with E-state index in [0.717, 1.165) is 40.2 Å². The molecular weight excluding hydrogens is 298 g/mol. The molecule has 0 atom stereocenters. The van der Waals surface area contributed by atoms with Crippen molar-refractivity contribution in [2.24, 2.45) is 0 Å². The molecule has 2 aromatic carbocycles. The molecule has 0 unspecified atom stereocenters. The summed E-state index contributed by atoms with van der Waals surface area (Å²) in [7, 11) is 0. The predicted molar refractivity (Wildman–Crippen MR) is 95.2 cm³/mol. The summed E-state index contributed by atoms with van der Waals surface area (Å²) < 4.78 is 7.85. The van der Waals surface area contributed by atoms with Gasteiger partial charge in [-0.2, -0.15) is 5.10 Å². The third-order valence-electron chi connectivity index (χ3n) is 3.96. The lowest BCUT2D eigenvalue weighted by molar-refractivity contribution is 0.483. The molecule has 0 bridgehead atoms. The summed E-state index contributed by atoms with van der Waals surface area (Å²) in [5.74, 6) is 1.64. The lowest BCUT2D eigenvalue weighted by Gasteiger charge is -2.06. The SMILES string of the molecule is CCn1nc(-c2ccc(Oc3ccccc3)cc2)c2cnccc21. The second-order valence-electron chi connectivity index (χ2n) is 5.50. The van der Waals surface area contributed by atoms with Crippen molar-refractivity contribution in [1.82, 2.24) is 14.8 Å². The number of rotatable bonds is 4. The number of aryl methyl sites for hydroxylation is 1. The molecule has 0 aliphatic rings. The Morgan fingerprint density at radius 2 is 1.67 bits per heavy atom. The molecule has 118 valence electrons. The number of aromatic nitrogens is 3. The topological polar surface area (TPSA) is 39.9 Å². The Morgan fingerprint density at radius 3 is 2.42 bits per heavy atom. The summed E-state index contributed by atoms with van der Waals surface area (Å²) in [6.07, 6.45) is 3.68. The van der Waals surface area contributed by atoms with E-state index in [4.69, 9.17) is 9.84 Å². The molecule has 2 aromatic heterocycles. The number of pyridine rings is 1. The van der Waals surface area contributed by atoms with E-state index in [9.17, 15) is 0 Å². The number of para-hydroxylation sites is 1. The Balaban J connectivity index is 1.68. The quantitative estimate of drug-likeness (QED) is 0.537. The molecule has 0 amide bonds. The van der Waals surface area contributed by atoms with E-state index >= 15 is 0 Å². The number of benzene rings is 2. The van der Waals surface area contributed by atoms with Crippen LogP contribution in [0.25, 0.3) is 22.2 Å². The van der Waals surface area contributed by atoms with Gasteiger partial charge >= 0.3 is 0 Å². The van der Waals surface area contributed by atoms with E-state index < -0.39 is 0 Å². The van der Waals surface area contributed by atoms with Crippen LogP contribution in [0.5, 0.6) is 11.5 Å². The van der Waals surface area contributed by atoms with Crippen LogP contribution in [-0.2, 0) is 6.54 Å². The molecular formula is C20H17N3O. The Morgan fingerprint density at radius 1 is 0.917 bits per heavy atom. The van der Waals surface area contributed by atoms with Gasteiger partial charge in [0.2, 0.25) is 0 Å². The predicted octanol–water partition coefficient (Wildman–Crippen LogP) is 4.91. The van der Waals surface area contributed by atoms with Crippen molar-refractivity contribution < 1.29 is 4.74 Å². The first kappa shape index (κ1) is 14.5. The summed E-state index contributed by atoms with van der Waals surface area (Å²) in [6.45, 7) is 2.92. The van der Waals surface area contributed by atoms with Crippen molar-refractivity contribution in [3.05, 3.63) is 73.1 Å². The second kappa shape index (κ2) is 6.16. The molecule has 0 aliphatic heterocycles. The van der Waals surface area contributed by atoms with Gasteiger partial charge in [0.15, 0.2) is 0 Å². The standard InChI is InChI=1S/C20H17N3O/c1-2-23-19-12-13-21-14-18(19)20(22-23)15-8-10-17(11-9-15)24-16-6-4-3-5-7-16/h3-14H,2H2,1H3. The minimum absolute atomic E-state index is 0.808. The van der Waals surface area contributed by atoms with Crippen molar-refractivity contribution >= 4 is 10.9 Å². The van der Waals surface area contributed by atoms with E-state index in [1.807, 2.05) is 71.5 Å². The third-order valence-corrected chi connectivity index (χ3v) is 3.96. The highest BCUT2D eigenvalue weighted by atomic mass is 16.5. The van der Waals surface area contributed by atoms with Gasteiger partial charge in [0.1, 0.15) is 17.2 Å². The van der Waals surface area contributed by atoms with Crippen LogP contribution in [0.15, 0.2) is 73.1 Å². The smallest absolute Gasteiger partial charge is 0.127 e. The summed E-state index contributed by atoms with van der Waals surface area (Å²) in [5.41, 5.74) is 3.11. The number of hydrogen-bond donors (Lipinski definition) is 0. The van der Waals surface area contributed by atoms with Gasteiger partial charge in [-0.15, -0.1) is 0 Å². The largest absolute Gasteiger partial charge is 0.457 e. The first-order valence-corrected chi connectivity index (χ1v) is 7.99. The average Bonchev–Trinajstić information content (AvgIpc) is 3.02. The summed E-state index contributed by atoms with van der Waals surface area (Å²) in [4.78, 5) is 4.24.